The highest BCUT2D eigenvalue weighted by atomic mass is 16.7. The van der Waals surface area contributed by atoms with Gasteiger partial charge in [0.15, 0.2) is 0 Å². The Balaban J connectivity index is 1.76. The number of hydrogen-bond acceptors (Lipinski definition) is 3. The fourth-order valence-corrected chi connectivity index (χ4v) is 3.85. The molecular formula is C23H22BNO2. The predicted molar refractivity (Wildman–Crippen MR) is 112 cm³/mol. The Morgan fingerprint density at radius 2 is 1.44 bits per heavy atom. The van der Waals surface area contributed by atoms with Crippen LogP contribution in [-0.4, -0.2) is 23.3 Å². The van der Waals surface area contributed by atoms with Crippen molar-refractivity contribution in [3.8, 4) is 0 Å². The van der Waals surface area contributed by atoms with Crippen LogP contribution >= 0.6 is 0 Å². The molecule has 4 aromatic rings. The quantitative estimate of drug-likeness (QED) is 0.362. The van der Waals surface area contributed by atoms with Crippen LogP contribution in [0.3, 0.4) is 0 Å². The van der Waals surface area contributed by atoms with Gasteiger partial charge in [-0.25, -0.2) is 0 Å². The minimum Gasteiger partial charge on any atom is -0.399 e. The highest BCUT2D eigenvalue weighted by molar-refractivity contribution is 6.62. The Hall–Kier alpha value is -2.43. The SMILES string of the molecule is CC1(C)OB(c2ccc3ccc4ccc5ncccc5c4c3c2)OC1(C)C. The lowest BCUT2D eigenvalue weighted by atomic mass is 9.77. The van der Waals surface area contributed by atoms with Crippen LogP contribution in [0.15, 0.2) is 60.8 Å². The third kappa shape index (κ3) is 2.48. The van der Waals surface area contributed by atoms with Gasteiger partial charge in [-0.3, -0.25) is 4.98 Å². The van der Waals surface area contributed by atoms with Gasteiger partial charge in [-0.05, 0) is 66.8 Å². The van der Waals surface area contributed by atoms with Crippen molar-refractivity contribution < 1.29 is 9.31 Å². The summed E-state index contributed by atoms with van der Waals surface area (Å²) in [5.74, 6) is 0. The zero-order valence-corrected chi connectivity index (χ0v) is 16.1. The van der Waals surface area contributed by atoms with Gasteiger partial charge in [0.25, 0.3) is 0 Å². The summed E-state index contributed by atoms with van der Waals surface area (Å²) in [6, 6.07) is 19.2. The summed E-state index contributed by atoms with van der Waals surface area (Å²) in [5.41, 5.74) is 1.37. The normalized spacial score (nSPS) is 18.6. The van der Waals surface area contributed by atoms with E-state index < -0.39 is 0 Å². The van der Waals surface area contributed by atoms with Crippen LogP contribution in [0.2, 0.25) is 0 Å². The molecule has 0 spiro atoms. The molecule has 0 amide bonds. The lowest BCUT2D eigenvalue weighted by Crippen LogP contribution is -2.41. The minimum absolute atomic E-state index is 0.345. The highest BCUT2D eigenvalue weighted by Gasteiger charge is 2.51. The van der Waals surface area contributed by atoms with E-state index in [-0.39, 0.29) is 18.3 Å². The molecule has 1 saturated heterocycles. The van der Waals surface area contributed by atoms with E-state index in [0.717, 1.165) is 11.0 Å². The zero-order valence-electron chi connectivity index (χ0n) is 16.1. The summed E-state index contributed by atoms with van der Waals surface area (Å²) in [5, 5.41) is 6.04. The molecule has 27 heavy (non-hydrogen) atoms. The second kappa shape index (κ2) is 5.54. The van der Waals surface area contributed by atoms with E-state index in [4.69, 9.17) is 9.31 Å². The molecule has 0 aliphatic carbocycles. The predicted octanol–water partition coefficient (Wildman–Crippen LogP) is 4.84. The molecule has 0 N–H and O–H groups in total. The molecule has 134 valence electrons. The standard InChI is InChI=1S/C23H22BNO2/c1-22(2)23(3,4)27-24(26-22)17-11-9-15-7-8-16-10-12-20-18(6-5-13-25-20)21(16)19(15)14-17/h5-14H,1-4H3. The van der Waals surface area contributed by atoms with Gasteiger partial charge in [0.05, 0.1) is 16.7 Å². The number of aromatic nitrogens is 1. The van der Waals surface area contributed by atoms with E-state index in [0.29, 0.717) is 0 Å². The van der Waals surface area contributed by atoms with Crippen molar-refractivity contribution >= 4 is 45.0 Å². The maximum absolute atomic E-state index is 6.26. The number of fused-ring (bicyclic) bond motifs is 5. The van der Waals surface area contributed by atoms with E-state index in [1.165, 1.54) is 26.9 Å². The van der Waals surface area contributed by atoms with Crippen LogP contribution in [0.5, 0.6) is 0 Å². The molecular weight excluding hydrogens is 333 g/mol. The Kier molecular flexibility index (Phi) is 3.43. The highest BCUT2D eigenvalue weighted by Crippen LogP contribution is 2.37. The molecule has 0 saturated carbocycles. The Morgan fingerprint density at radius 3 is 2.22 bits per heavy atom. The van der Waals surface area contributed by atoms with Crippen molar-refractivity contribution in [3.05, 3.63) is 60.8 Å². The Morgan fingerprint density at radius 1 is 0.778 bits per heavy atom. The van der Waals surface area contributed by atoms with E-state index in [9.17, 15) is 0 Å². The molecule has 5 rings (SSSR count). The molecule has 0 radical (unpaired) electrons. The van der Waals surface area contributed by atoms with Crippen molar-refractivity contribution in [3.63, 3.8) is 0 Å². The van der Waals surface area contributed by atoms with Gasteiger partial charge in [0.2, 0.25) is 0 Å². The molecule has 0 bridgehead atoms. The summed E-state index contributed by atoms with van der Waals surface area (Å²) >= 11 is 0. The van der Waals surface area contributed by atoms with E-state index in [2.05, 4.69) is 81.2 Å². The van der Waals surface area contributed by atoms with Gasteiger partial charge >= 0.3 is 7.12 Å². The van der Waals surface area contributed by atoms with E-state index in [1.807, 2.05) is 12.3 Å². The Bertz CT molecular complexity index is 1180. The third-order valence-electron chi connectivity index (χ3n) is 6.13. The van der Waals surface area contributed by atoms with Gasteiger partial charge in [-0.15, -0.1) is 0 Å². The molecule has 4 heteroatoms. The fourth-order valence-electron chi connectivity index (χ4n) is 3.85. The number of nitrogens with zero attached hydrogens (tertiary/aromatic N) is 1. The lowest BCUT2D eigenvalue weighted by Gasteiger charge is -2.32. The van der Waals surface area contributed by atoms with Gasteiger partial charge in [0, 0.05) is 11.6 Å². The van der Waals surface area contributed by atoms with Crippen LogP contribution in [0, 0.1) is 0 Å². The molecule has 3 nitrogen and oxygen atoms in total. The van der Waals surface area contributed by atoms with Crippen molar-refractivity contribution in [2.45, 2.75) is 38.9 Å². The molecule has 1 aliphatic heterocycles. The fraction of sp³-hybridized carbons (Fsp3) is 0.261. The van der Waals surface area contributed by atoms with Gasteiger partial charge in [0.1, 0.15) is 0 Å². The number of pyridine rings is 1. The van der Waals surface area contributed by atoms with Crippen LogP contribution in [-0.2, 0) is 9.31 Å². The van der Waals surface area contributed by atoms with Gasteiger partial charge in [-0.2, -0.15) is 0 Å². The first-order chi connectivity index (χ1) is 12.9. The van der Waals surface area contributed by atoms with E-state index in [1.54, 1.807) is 0 Å². The van der Waals surface area contributed by atoms with Crippen molar-refractivity contribution in [1.82, 2.24) is 4.98 Å². The first-order valence-corrected chi connectivity index (χ1v) is 9.41. The van der Waals surface area contributed by atoms with Crippen LogP contribution in [0.4, 0.5) is 0 Å². The van der Waals surface area contributed by atoms with E-state index >= 15 is 0 Å². The number of rotatable bonds is 1. The smallest absolute Gasteiger partial charge is 0.399 e. The van der Waals surface area contributed by atoms with Crippen molar-refractivity contribution in [2.24, 2.45) is 0 Å². The topological polar surface area (TPSA) is 31.4 Å². The maximum Gasteiger partial charge on any atom is 0.494 e. The molecule has 1 aliphatic rings. The van der Waals surface area contributed by atoms with Crippen LogP contribution in [0.1, 0.15) is 27.7 Å². The summed E-state index contributed by atoms with van der Waals surface area (Å²) in [6.45, 7) is 8.34. The minimum atomic E-state index is -0.359. The van der Waals surface area contributed by atoms with Crippen LogP contribution < -0.4 is 5.46 Å². The summed E-state index contributed by atoms with van der Waals surface area (Å²) in [6.07, 6.45) is 1.84. The molecule has 0 atom stereocenters. The second-order valence-corrected chi connectivity index (χ2v) is 8.37. The maximum atomic E-state index is 6.26. The summed E-state index contributed by atoms with van der Waals surface area (Å²) in [4.78, 5) is 4.53. The number of benzene rings is 3. The molecule has 3 aromatic carbocycles. The molecule has 2 heterocycles. The molecule has 1 aromatic heterocycles. The van der Waals surface area contributed by atoms with Gasteiger partial charge < -0.3 is 9.31 Å². The summed E-state index contributed by atoms with van der Waals surface area (Å²) in [7, 11) is -0.359. The molecule has 0 unspecified atom stereocenters. The Labute approximate surface area is 159 Å². The largest absolute Gasteiger partial charge is 0.494 e. The average Bonchev–Trinajstić information content (AvgIpc) is 2.88. The lowest BCUT2D eigenvalue weighted by molar-refractivity contribution is 0.00578. The number of hydrogen-bond donors (Lipinski definition) is 0. The summed E-state index contributed by atoms with van der Waals surface area (Å²) < 4.78 is 12.5. The van der Waals surface area contributed by atoms with Crippen molar-refractivity contribution in [1.29, 1.82) is 0 Å². The second-order valence-electron chi connectivity index (χ2n) is 8.37. The van der Waals surface area contributed by atoms with Crippen molar-refractivity contribution in [2.75, 3.05) is 0 Å². The zero-order chi connectivity index (χ0) is 18.8. The molecule has 1 fully saturated rings. The first kappa shape index (κ1) is 16.7. The average molecular weight is 355 g/mol. The van der Waals surface area contributed by atoms with Gasteiger partial charge in [-0.1, -0.05) is 42.5 Å². The first-order valence-electron chi connectivity index (χ1n) is 9.41. The van der Waals surface area contributed by atoms with Crippen LogP contribution in [0.25, 0.3) is 32.4 Å². The third-order valence-corrected chi connectivity index (χ3v) is 6.13. The monoisotopic (exact) mass is 355 g/mol.